The van der Waals surface area contributed by atoms with Crippen LogP contribution >= 0.6 is 0 Å². The molecule has 0 aliphatic heterocycles. The van der Waals surface area contributed by atoms with Gasteiger partial charge in [-0.1, -0.05) is 52.4 Å². The summed E-state index contributed by atoms with van der Waals surface area (Å²) < 4.78 is 10.2. The van der Waals surface area contributed by atoms with Crippen LogP contribution < -0.4 is 0 Å². The quantitative estimate of drug-likeness (QED) is 0.278. The fraction of sp³-hybridized carbons (Fsp3) is 0.875. The molecule has 118 valence electrons. The van der Waals surface area contributed by atoms with Crippen LogP contribution in [-0.4, -0.2) is 31.6 Å². The summed E-state index contributed by atoms with van der Waals surface area (Å²) in [6, 6.07) is 0. The molecule has 0 N–H and O–H groups in total. The van der Waals surface area contributed by atoms with Crippen molar-refractivity contribution < 1.29 is 19.1 Å². The monoisotopic (exact) mass is 286 g/mol. The fourth-order valence-corrected chi connectivity index (χ4v) is 1.79. The number of unbranched alkanes of at least 4 members (excludes halogenated alkanes) is 6. The van der Waals surface area contributed by atoms with Crippen LogP contribution in [0.5, 0.6) is 0 Å². The van der Waals surface area contributed by atoms with E-state index in [4.69, 9.17) is 9.47 Å². The Bertz CT molecular complexity index is 251. The molecule has 0 amide bonds. The molecule has 0 rings (SSSR count). The number of rotatable bonds is 14. The molecule has 0 radical (unpaired) electrons. The van der Waals surface area contributed by atoms with E-state index in [9.17, 15) is 9.59 Å². The molecule has 0 aliphatic carbocycles. The highest BCUT2D eigenvalue weighted by Gasteiger charge is 2.10. The number of Topliss-reactive ketones (excluding diaryl/α,β-unsaturated/α-hetero) is 1. The van der Waals surface area contributed by atoms with E-state index < -0.39 is 5.97 Å². The van der Waals surface area contributed by atoms with Gasteiger partial charge < -0.3 is 9.47 Å². The topological polar surface area (TPSA) is 52.6 Å². The maximum absolute atomic E-state index is 11.5. The van der Waals surface area contributed by atoms with Gasteiger partial charge in [-0.05, 0) is 12.8 Å². The van der Waals surface area contributed by atoms with Crippen molar-refractivity contribution in [2.75, 3.05) is 19.8 Å². The smallest absolute Gasteiger partial charge is 0.313 e. The Morgan fingerprint density at radius 2 is 1.40 bits per heavy atom. The largest absolute Gasteiger partial charge is 0.465 e. The molecular formula is C16H30O4. The highest BCUT2D eigenvalue weighted by atomic mass is 16.5. The summed E-state index contributed by atoms with van der Waals surface area (Å²) in [7, 11) is 0. The van der Waals surface area contributed by atoms with Crippen LogP contribution in [0.3, 0.4) is 0 Å². The lowest BCUT2D eigenvalue weighted by molar-refractivity contribution is -0.147. The molecule has 0 aromatic carbocycles. The Kier molecular flexibility index (Phi) is 13.9. The number of ether oxygens (including phenoxy) is 2. The molecule has 4 nitrogen and oxygen atoms in total. The number of esters is 1. The van der Waals surface area contributed by atoms with E-state index in [0.29, 0.717) is 13.2 Å². The van der Waals surface area contributed by atoms with Gasteiger partial charge in [0.2, 0.25) is 0 Å². The zero-order chi connectivity index (χ0) is 15.1. The summed E-state index contributed by atoms with van der Waals surface area (Å²) in [4.78, 5) is 22.8. The first kappa shape index (κ1) is 19.1. The minimum absolute atomic E-state index is 0.0249. The maximum Gasteiger partial charge on any atom is 0.313 e. The van der Waals surface area contributed by atoms with Crippen LogP contribution in [0.15, 0.2) is 0 Å². The van der Waals surface area contributed by atoms with Gasteiger partial charge in [-0.25, -0.2) is 0 Å². The predicted octanol–water partition coefficient (Wildman–Crippen LogP) is 3.67. The number of ketones is 1. The minimum Gasteiger partial charge on any atom is -0.465 e. The number of hydrogen-bond acceptors (Lipinski definition) is 4. The summed E-state index contributed by atoms with van der Waals surface area (Å²) in [6.45, 7) is 5.32. The summed E-state index contributed by atoms with van der Waals surface area (Å²) in [6.07, 6.45) is 8.57. The Morgan fingerprint density at radius 1 is 0.800 bits per heavy atom. The average Bonchev–Trinajstić information content (AvgIpc) is 2.42. The number of hydrogen-bond donors (Lipinski definition) is 0. The van der Waals surface area contributed by atoms with Crippen molar-refractivity contribution >= 4 is 11.8 Å². The number of carbonyl (C=O) groups excluding carboxylic acids is 2. The van der Waals surface area contributed by atoms with Crippen molar-refractivity contribution in [1.82, 2.24) is 0 Å². The Balaban J connectivity index is 3.38. The molecule has 0 aromatic rings. The molecular weight excluding hydrogens is 256 g/mol. The van der Waals surface area contributed by atoms with E-state index >= 15 is 0 Å². The van der Waals surface area contributed by atoms with E-state index in [1.165, 1.54) is 12.8 Å². The molecule has 0 fully saturated rings. The standard InChI is InChI=1S/C16H30O4/c1-3-5-7-9-11-19-14-15(17)13-16(18)20-12-10-8-6-4-2/h3-14H2,1-2H3. The van der Waals surface area contributed by atoms with Crippen molar-refractivity contribution in [1.29, 1.82) is 0 Å². The normalized spacial score (nSPS) is 10.5. The second-order valence-corrected chi connectivity index (χ2v) is 5.11. The van der Waals surface area contributed by atoms with Crippen LogP contribution in [-0.2, 0) is 19.1 Å². The summed E-state index contributed by atoms with van der Waals surface area (Å²) in [5.41, 5.74) is 0. The molecule has 0 saturated heterocycles. The summed E-state index contributed by atoms with van der Waals surface area (Å²) >= 11 is 0. The van der Waals surface area contributed by atoms with Gasteiger partial charge in [0.15, 0.2) is 5.78 Å². The van der Waals surface area contributed by atoms with Gasteiger partial charge in [0.1, 0.15) is 13.0 Å². The zero-order valence-corrected chi connectivity index (χ0v) is 13.1. The molecule has 0 aromatic heterocycles. The van der Waals surface area contributed by atoms with Crippen LogP contribution in [0.25, 0.3) is 0 Å². The van der Waals surface area contributed by atoms with Gasteiger partial charge in [-0.2, -0.15) is 0 Å². The van der Waals surface area contributed by atoms with Crippen LogP contribution in [0.2, 0.25) is 0 Å². The third kappa shape index (κ3) is 13.5. The van der Waals surface area contributed by atoms with E-state index in [-0.39, 0.29) is 18.8 Å². The summed E-state index contributed by atoms with van der Waals surface area (Å²) in [5, 5.41) is 0. The summed E-state index contributed by atoms with van der Waals surface area (Å²) in [5.74, 6) is -0.625. The molecule has 0 heterocycles. The van der Waals surface area contributed by atoms with E-state index in [1.807, 2.05) is 0 Å². The van der Waals surface area contributed by atoms with Gasteiger partial charge in [0, 0.05) is 6.61 Å². The maximum atomic E-state index is 11.5. The Morgan fingerprint density at radius 3 is 2.00 bits per heavy atom. The highest BCUT2D eigenvalue weighted by Crippen LogP contribution is 2.01. The van der Waals surface area contributed by atoms with Gasteiger partial charge in [0.25, 0.3) is 0 Å². The minimum atomic E-state index is -0.430. The third-order valence-corrected chi connectivity index (χ3v) is 3.01. The van der Waals surface area contributed by atoms with E-state index in [2.05, 4.69) is 13.8 Å². The van der Waals surface area contributed by atoms with Gasteiger partial charge in [-0.15, -0.1) is 0 Å². The molecule has 0 saturated carbocycles. The molecule has 0 spiro atoms. The van der Waals surface area contributed by atoms with Crippen molar-refractivity contribution in [2.45, 2.75) is 71.6 Å². The molecule has 0 unspecified atom stereocenters. The lowest BCUT2D eigenvalue weighted by Gasteiger charge is -2.05. The first-order valence-electron chi connectivity index (χ1n) is 7.95. The van der Waals surface area contributed by atoms with Crippen molar-refractivity contribution in [2.24, 2.45) is 0 Å². The lowest BCUT2D eigenvalue weighted by atomic mass is 10.2. The molecule has 20 heavy (non-hydrogen) atoms. The van der Waals surface area contributed by atoms with Crippen molar-refractivity contribution in [3.8, 4) is 0 Å². The van der Waals surface area contributed by atoms with Crippen LogP contribution in [0.4, 0.5) is 0 Å². The SMILES string of the molecule is CCCCCCOCC(=O)CC(=O)OCCCCCC. The first-order chi connectivity index (χ1) is 9.70. The van der Waals surface area contributed by atoms with Crippen LogP contribution in [0.1, 0.15) is 71.6 Å². The molecule has 0 bridgehead atoms. The second kappa shape index (κ2) is 14.5. The molecule has 4 heteroatoms. The van der Waals surface area contributed by atoms with Gasteiger partial charge >= 0.3 is 5.97 Å². The first-order valence-corrected chi connectivity index (χ1v) is 7.95. The van der Waals surface area contributed by atoms with Gasteiger partial charge in [0.05, 0.1) is 6.61 Å². The number of carbonyl (C=O) groups is 2. The average molecular weight is 286 g/mol. The molecule has 0 aliphatic rings. The van der Waals surface area contributed by atoms with Gasteiger partial charge in [-0.3, -0.25) is 9.59 Å². The molecule has 0 atom stereocenters. The van der Waals surface area contributed by atoms with Crippen molar-refractivity contribution in [3.63, 3.8) is 0 Å². The van der Waals surface area contributed by atoms with E-state index in [0.717, 1.165) is 38.5 Å². The Labute approximate surface area is 123 Å². The fourth-order valence-electron chi connectivity index (χ4n) is 1.79. The van der Waals surface area contributed by atoms with E-state index in [1.54, 1.807) is 0 Å². The lowest BCUT2D eigenvalue weighted by Crippen LogP contribution is -2.16. The predicted molar refractivity (Wildman–Crippen MR) is 79.7 cm³/mol. The highest BCUT2D eigenvalue weighted by molar-refractivity contribution is 5.96. The zero-order valence-electron chi connectivity index (χ0n) is 13.1. The Hall–Kier alpha value is -0.900. The second-order valence-electron chi connectivity index (χ2n) is 5.11. The van der Waals surface area contributed by atoms with Crippen molar-refractivity contribution in [3.05, 3.63) is 0 Å². The van der Waals surface area contributed by atoms with Crippen LogP contribution in [0, 0.1) is 0 Å². The third-order valence-electron chi connectivity index (χ3n) is 3.01.